The predicted octanol–water partition coefficient (Wildman–Crippen LogP) is -2.25. The molecule has 72 heavy (non-hydrogen) atoms. The number of carbonyl (C=O) groups excluding carboxylic acids is 10. The number of primary amides is 1. The Balaban J connectivity index is 1.49. The lowest BCUT2D eigenvalue weighted by Gasteiger charge is -2.30. The maximum absolute atomic E-state index is 14.4. The standard InChI is InChI=1S/C47H70N12O11S2/c1-57(2)18-8-6-14-31-43(65)56-34(21-27-23-51-30-12-4-3-11-28(27)30)47(69)70-24-39(61)58-19-10-16-37(58)45(67)54-32(13-5-7-17-50-41(63)29(48)25-71)42(64)55-33(22-38(60)52-35(26-72)44(66)53-31)46(68)59-20-9-15-36(59)40(49)62/h3-4,11-12,23,29,31-37,51,71-72H,5-10,13-22,24-26,48H2,1-2H3,(H2,49,62)(H,50,63)(H,52,60)(H,53,66)(H,54,67)(H,55,64)(H,56,65)/t29-,31-,32-,33-,34-,35-,36-,37-/m0/s1. The highest BCUT2D eigenvalue weighted by atomic mass is 32.1. The molecule has 4 heterocycles. The van der Waals surface area contributed by atoms with Gasteiger partial charge in [-0.15, -0.1) is 0 Å². The Morgan fingerprint density at radius 2 is 1.47 bits per heavy atom. The lowest BCUT2D eigenvalue weighted by molar-refractivity contribution is -0.155. The van der Waals surface area contributed by atoms with Crippen molar-refractivity contribution in [3.8, 4) is 0 Å². The van der Waals surface area contributed by atoms with E-state index in [2.05, 4.69) is 62.1 Å². The van der Waals surface area contributed by atoms with E-state index in [9.17, 15) is 47.9 Å². The lowest BCUT2D eigenvalue weighted by Crippen LogP contribution is -2.59. The van der Waals surface area contributed by atoms with Crippen LogP contribution in [0.1, 0.15) is 76.2 Å². The second-order valence-electron chi connectivity index (χ2n) is 18.6. The maximum atomic E-state index is 14.4. The summed E-state index contributed by atoms with van der Waals surface area (Å²) in [5, 5.41) is 16.8. The van der Waals surface area contributed by atoms with Crippen LogP contribution in [0.15, 0.2) is 30.5 Å². The summed E-state index contributed by atoms with van der Waals surface area (Å²) >= 11 is 8.37. The first-order chi connectivity index (χ1) is 34.4. The number of H-pyrrole nitrogens is 1. The van der Waals surface area contributed by atoms with E-state index in [1.54, 1.807) is 6.20 Å². The van der Waals surface area contributed by atoms with Crippen LogP contribution < -0.4 is 43.4 Å². The summed E-state index contributed by atoms with van der Waals surface area (Å²) in [6.45, 7) is 0.240. The van der Waals surface area contributed by atoms with Gasteiger partial charge in [-0.05, 0) is 96.5 Å². The van der Waals surface area contributed by atoms with E-state index < -0.39 is 120 Å². The number of ether oxygens (including phenoxy) is 1. The SMILES string of the molecule is CN(C)CCCC[C@@H]1NC(=O)[C@H](CS)NC(=O)C[C@@H](C(=O)N2CCC[C@H]2C(N)=O)NC(=O)[C@H](CCCCNC(=O)[C@@H](N)CS)NC(=O)[C@@H]2CCCN2C(=O)COC(=O)[C@H](Cc2c[nH]c3ccccc23)NC1=O. The Kier molecular flexibility index (Phi) is 22.0. The second kappa shape index (κ2) is 27.8. The number of likely N-dealkylation sites (tertiary alicyclic amines) is 1. The van der Waals surface area contributed by atoms with Crippen molar-refractivity contribution in [2.24, 2.45) is 11.5 Å². The smallest absolute Gasteiger partial charge is 0.329 e. The van der Waals surface area contributed by atoms with Crippen LogP contribution in [0.4, 0.5) is 0 Å². The molecule has 0 spiro atoms. The first-order valence-corrected chi connectivity index (χ1v) is 25.7. The Labute approximate surface area is 429 Å². The molecule has 8 atom stereocenters. The third-order valence-corrected chi connectivity index (χ3v) is 13.7. The fraction of sp³-hybridized carbons (Fsp3) is 0.617. The number of benzene rings is 1. The number of hydrogen-bond donors (Lipinski definition) is 11. The summed E-state index contributed by atoms with van der Waals surface area (Å²) in [7, 11) is 3.78. The highest BCUT2D eigenvalue weighted by Gasteiger charge is 2.41. The van der Waals surface area contributed by atoms with E-state index in [0.29, 0.717) is 44.2 Å². The molecule has 1 aromatic heterocycles. The molecule has 0 bridgehead atoms. The summed E-state index contributed by atoms with van der Waals surface area (Å²) in [4.78, 5) is 145. The van der Waals surface area contributed by atoms with Crippen LogP contribution in [-0.2, 0) is 59.1 Å². The second-order valence-corrected chi connectivity index (χ2v) is 19.4. The van der Waals surface area contributed by atoms with Gasteiger partial charge in [0.1, 0.15) is 42.3 Å². The number of nitrogens with one attached hydrogen (secondary N) is 7. The number of esters is 1. The Morgan fingerprint density at radius 3 is 2.17 bits per heavy atom. The average Bonchev–Trinajstić information content (AvgIpc) is 4.15. The Morgan fingerprint density at radius 1 is 0.819 bits per heavy atom. The summed E-state index contributed by atoms with van der Waals surface area (Å²) < 4.78 is 5.60. The van der Waals surface area contributed by atoms with Gasteiger partial charge in [0.15, 0.2) is 6.61 Å². The monoisotopic (exact) mass is 1040 g/mol. The maximum Gasteiger partial charge on any atom is 0.329 e. The number of thiol groups is 2. The molecule has 25 heteroatoms. The first kappa shape index (κ1) is 57.0. The number of aromatic amines is 1. The minimum atomic E-state index is -1.64. The van der Waals surface area contributed by atoms with Crippen molar-refractivity contribution in [2.45, 2.75) is 125 Å². The van der Waals surface area contributed by atoms with Crippen molar-refractivity contribution in [3.63, 3.8) is 0 Å². The molecule has 23 nitrogen and oxygen atoms in total. The van der Waals surface area contributed by atoms with Gasteiger partial charge in [0.25, 0.3) is 5.91 Å². The first-order valence-electron chi connectivity index (χ1n) is 24.4. The number of nitrogens with two attached hydrogens (primary N) is 2. The highest BCUT2D eigenvalue weighted by Crippen LogP contribution is 2.23. The molecule has 1 aromatic carbocycles. The summed E-state index contributed by atoms with van der Waals surface area (Å²) in [6.07, 6.45) is 3.86. The van der Waals surface area contributed by atoms with E-state index in [1.807, 2.05) is 43.3 Å². The van der Waals surface area contributed by atoms with Crippen molar-refractivity contribution in [1.82, 2.24) is 51.6 Å². The van der Waals surface area contributed by atoms with E-state index in [-0.39, 0.29) is 69.7 Å². The fourth-order valence-corrected chi connectivity index (χ4v) is 9.45. The van der Waals surface area contributed by atoms with Gasteiger partial charge in [-0.3, -0.25) is 43.2 Å². The van der Waals surface area contributed by atoms with E-state index >= 15 is 0 Å². The molecule has 0 aliphatic carbocycles. The molecule has 0 radical (unpaired) electrons. The van der Waals surface area contributed by atoms with Gasteiger partial charge in [0.05, 0.1) is 12.5 Å². The fourth-order valence-electron chi connectivity index (χ4n) is 9.03. The summed E-state index contributed by atoms with van der Waals surface area (Å²) in [5.74, 6) is -7.92. The molecule has 11 N–H and O–H groups in total. The molecule has 0 saturated carbocycles. The number of para-hydroxylation sites is 1. The van der Waals surface area contributed by atoms with Crippen LogP contribution >= 0.6 is 25.3 Å². The van der Waals surface area contributed by atoms with Crippen LogP contribution in [0.3, 0.4) is 0 Å². The lowest BCUT2D eigenvalue weighted by atomic mass is 10.0. The zero-order chi connectivity index (χ0) is 52.5. The van der Waals surface area contributed by atoms with Crippen LogP contribution in [0.5, 0.6) is 0 Å². The van der Waals surface area contributed by atoms with E-state index in [4.69, 9.17) is 16.2 Å². The summed E-state index contributed by atoms with van der Waals surface area (Å²) in [6, 6.07) is -2.63. The molecule has 3 fully saturated rings. The van der Waals surface area contributed by atoms with Crippen molar-refractivity contribution >= 4 is 95.3 Å². The van der Waals surface area contributed by atoms with Gasteiger partial charge in [-0.1, -0.05) is 18.2 Å². The van der Waals surface area contributed by atoms with E-state index in [0.717, 1.165) is 10.9 Å². The van der Waals surface area contributed by atoms with Crippen LogP contribution in [-0.4, -0.2) is 186 Å². The molecule has 396 valence electrons. The average molecular weight is 1040 g/mol. The number of hydrogen-bond acceptors (Lipinski definition) is 15. The number of amides is 9. The van der Waals surface area contributed by atoms with Crippen LogP contribution in [0, 0.1) is 0 Å². The third-order valence-electron chi connectivity index (χ3n) is 13.0. The highest BCUT2D eigenvalue weighted by molar-refractivity contribution is 7.80. The molecule has 2 aromatic rings. The molecule has 5 rings (SSSR count). The molecule has 9 amide bonds. The Hall–Kier alpha value is -5.92. The van der Waals surface area contributed by atoms with Crippen LogP contribution in [0.2, 0.25) is 0 Å². The molecular weight excluding hydrogens is 973 g/mol. The molecule has 3 saturated heterocycles. The zero-order valence-electron chi connectivity index (χ0n) is 40.8. The van der Waals surface area contributed by atoms with Gasteiger partial charge < -0.3 is 67.8 Å². The summed E-state index contributed by atoms with van der Waals surface area (Å²) in [5.41, 5.74) is 12.8. The van der Waals surface area contributed by atoms with Gasteiger partial charge in [-0.25, -0.2) is 4.79 Å². The molecular formula is C47H70N12O11S2. The number of unbranched alkanes of at least 4 members (excludes halogenated alkanes) is 2. The molecule has 3 aliphatic rings. The van der Waals surface area contributed by atoms with Gasteiger partial charge in [-0.2, -0.15) is 25.3 Å². The van der Waals surface area contributed by atoms with Gasteiger partial charge >= 0.3 is 5.97 Å². The number of fused-ring (bicyclic) bond motifs is 2. The minimum absolute atomic E-state index is 0.0349. The van der Waals surface area contributed by atoms with E-state index in [1.165, 1.54) is 9.80 Å². The van der Waals surface area contributed by atoms with Gasteiger partial charge in [0, 0.05) is 54.7 Å². The number of nitrogens with zero attached hydrogens (tertiary/aromatic N) is 3. The van der Waals surface area contributed by atoms with Crippen LogP contribution in [0.25, 0.3) is 10.9 Å². The largest absolute Gasteiger partial charge is 0.454 e. The number of carbonyl (C=O) groups is 10. The van der Waals surface area contributed by atoms with Crippen molar-refractivity contribution < 1.29 is 52.7 Å². The number of aromatic nitrogens is 1. The quantitative estimate of drug-likeness (QED) is 0.0454. The van der Waals surface area contributed by atoms with Crippen molar-refractivity contribution in [2.75, 3.05) is 58.4 Å². The number of rotatable bonds is 17. The zero-order valence-corrected chi connectivity index (χ0v) is 42.6. The molecule has 3 aliphatic heterocycles. The normalized spacial score (nSPS) is 24.8. The van der Waals surface area contributed by atoms with Gasteiger partial charge in [0.2, 0.25) is 47.3 Å². The topological polar surface area (TPSA) is 330 Å². The van der Waals surface area contributed by atoms with Crippen molar-refractivity contribution in [3.05, 3.63) is 36.0 Å². The predicted molar refractivity (Wildman–Crippen MR) is 271 cm³/mol. The minimum Gasteiger partial charge on any atom is -0.454 e. The van der Waals surface area contributed by atoms with Crippen molar-refractivity contribution in [1.29, 1.82) is 0 Å². The number of cyclic esters (lactones) is 1. The Bertz CT molecular complexity index is 2280. The molecule has 0 unspecified atom stereocenters. The third kappa shape index (κ3) is 16.0.